The van der Waals surface area contributed by atoms with Gasteiger partial charge in [-0.1, -0.05) is 12.1 Å². The molecule has 2 aromatic rings. The molecule has 2 rings (SSSR count). The predicted octanol–water partition coefficient (Wildman–Crippen LogP) is 2.57. The second-order valence-corrected chi connectivity index (χ2v) is 7.16. The molecule has 1 aromatic carbocycles. The van der Waals surface area contributed by atoms with Crippen LogP contribution in [0, 0.1) is 25.2 Å². The van der Waals surface area contributed by atoms with Crippen molar-refractivity contribution in [3.63, 3.8) is 0 Å². The van der Waals surface area contributed by atoms with E-state index in [1.54, 1.807) is 14.2 Å². The fourth-order valence-corrected chi connectivity index (χ4v) is 3.19. The summed E-state index contributed by atoms with van der Waals surface area (Å²) in [6, 6.07) is 11.3. The quantitative estimate of drug-likeness (QED) is 0.328. The molecule has 8 heteroatoms. The normalized spacial score (nSPS) is 11.0. The van der Waals surface area contributed by atoms with E-state index in [1.807, 2.05) is 54.8 Å². The molecule has 1 heterocycles. The Labute approximate surface area is 188 Å². The number of rotatable bonds is 11. The second-order valence-electron chi connectivity index (χ2n) is 7.16. The average molecular weight is 440 g/mol. The van der Waals surface area contributed by atoms with E-state index in [1.165, 1.54) is 6.08 Å². The standard InChI is InChI=1S/C24H29N3O5/c1-17-13-20(18(2)27(17)11-12-30-3)14-21(15-25)24(29)32-16-23(28)26-10-9-19-5-7-22(31-4)8-6-19/h5-8,13-14H,9-12,16H2,1-4H3,(H,26,28)/b21-14+. The first-order valence-corrected chi connectivity index (χ1v) is 10.2. The monoisotopic (exact) mass is 439 g/mol. The number of benzene rings is 1. The lowest BCUT2D eigenvalue weighted by Crippen LogP contribution is -2.30. The Morgan fingerprint density at radius 2 is 1.91 bits per heavy atom. The molecular weight excluding hydrogens is 410 g/mol. The van der Waals surface area contributed by atoms with Gasteiger partial charge in [-0.3, -0.25) is 4.79 Å². The number of amides is 1. The molecule has 8 nitrogen and oxygen atoms in total. The Morgan fingerprint density at radius 1 is 1.19 bits per heavy atom. The largest absolute Gasteiger partial charge is 0.497 e. The highest BCUT2D eigenvalue weighted by Gasteiger charge is 2.15. The van der Waals surface area contributed by atoms with Crippen LogP contribution in [-0.2, 0) is 32.0 Å². The van der Waals surface area contributed by atoms with Gasteiger partial charge < -0.3 is 24.1 Å². The number of hydrogen-bond donors (Lipinski definition) is 1. The third-order valence-electron chi connectivity index (χ3n) is 5.00. The fraction of sp³-hybridized carbons (Fsp3) is 0.375. The lowest BCUT2D eigenvalue weighted by atomic mass is 10.1. The number of hydrogen-bond acceptors (Lipinski definition) is 6. The van der Waals surface area contributed by atoms with Crippen molar-refractivity contribution in [2.75, 3.05) is 34.0 Å². The van der Waals surface area contributed by atoms with E-state index in [4.69, 9.17) is 14.2 Å². The summed E-state index contributed by atoms with van der Waals surface area (Å²) in [5, 5.41) is 12.1. The summed E-state index contributed by atoms with van der Waals surface area (Å²) in [7, 11) is 3.23. The summed E-state index contributed by atoms with van der Waals surface area (Å²) < 4.78 is 17.3. The van der Waals surface area contributed by atoms with E-state index in [2.05, 4.69) is 5.32 Å². The highest BCUT2D eigenvalue weighted by Crippen LogP contribution is 2.18. The number of ether oxygens (including phenoxy) is 3. The number of nitrogens with one attached hydrogen (secondary N) is 1. The van der Waals surface area contributed by atoms with Crippen LogP contribution in [0.4, 0.5) is 0 Å². The topological polar surface area (TPSA) is 103 Å². The van der Waals surface area contributed by atoms with Gasteiger partial charge in [-0.25, -0.2) is 4.79 Å². The lowest BCUT2D eigenvalue weighted by molar-refractivity contribution is -0.144. The van der Waals surface area contributed by atoms with Crippen molar-refractivity contribution in [1.82, 2.24) is 9.88 Å². The third-order valence-corrected chi connectivity index (χ3v) is 5.00. The molecule has 0 aliphatic rings. The van der Waals surface area contributed by atoms with Crippen LogP contribution >= 0.6 is 0 Å². The zero-order valence-corrected chi connectivity index (χ0v) is 18.9. The zero-order valence-electron chi connectivity index (χ0n) is 18.9. The number of carbonyl (C=O) groups excluding carboxylic acids is 2. The highest BCUT2D eigenvalue weighted by molar-refractivity contribution is 5.99. The number of aryl methyl sites for hydroxylation is 1. The van der Waals surface area contributed by atoms with Gasteiger partial charge in [0.2, 0.25) is 0 Å². The number of carbonyl (C=O) groups is 2. The van der Waals surface area contributed by atoms with Gasteiger partial charge in [0.25, 0.3) is 5.91 Å². The SMILES string of the molecule is COCCn1c(C)cc(/C=C(\C#N)C(=O)OCC(=O)NCCc2ccc(OC)cc2)c1C. The van der Waals surface area contributed by atoms with Crippen molar-refractivity contribution in [3.05, 3.63) is 58.4 Å². The van der Waals surface area contributed by atoms with Gasteiger partial charge in [-0.15, -0.1) is 0 Å². The Hall–Kier alpha value is -3.57. The molecule has 0 fully saturated rings. The Bertz CT molecular complexity index is 1000. The van der Waals surface area contributed by atoms with Crippen molar-refractivity contribution < 1.29 is 23.8 Å². The molecule has 170 valence electrons. The number of esters is 1. The fourth-order valence-electron chi connectivity index (χ4n) is 3.19. The molecule has 0 atom stereocenters. The molecule has 1 aromatic heterocycles. The highest BCUT2D eigenvalue weighted by atomic mass is 16.5. The van der Waals surface area contributed by atoms with Crippen LogP contribution in [0.15, 0.2) is 35.9 Å². The summed E-state index contributed by atoms with van der Waals surface area (Å²) in [5.74, 6) is -0.496. The number of nitrogens with zero attached hydrogens (tertiary/aromatic N) is 2. The van der Waals surface area contributed by atoms with Crippen LogP contribution < -0.4 is 10.1 Å². The van der Waals surface area contributed by atoms with Gasteiger partial charge in [0.1, 0.15) is 17.4 Å². The first kappa shape index (κ1) is 24.7. The molecule has 0 spiro atoms. The van der Waals surface area contributed by atoms with Crippen LogP contribution in [0.3, 0.4) is 0 Å². The Kier molecular flexibility index (Phi) is 9.51. The minimum atomic E-state index is -0.834. The van der Waals surface area contributed by atoms with Crippen LogP contribution in [-0.4, -0.2) is 50.4 Å². The van der Waals surface area contributed by atoms with E-state index in [0.29, 0.717) is 26.1 Å². The van der Waals surface area contributed by atoms with Crippen molar-refractivity contribution in [2.24, 2.45) is 0 Å². The van der Waals surface area contributed by atoms with Crippen LogP contribution in [0.2, 0.25) is 0 Å². The van der Waals surface area contributed by atoms with Crippen molar-refractivity contribution >= 4 is 18.0 Å². The summed E-state index contributed by atoms with van der Waals surface area (Å²) in [4.78, 5) is 24.3. The van der Waals surface area contributed by atoms with E-state index in [-0.39, 0.29) is 5.57 Å². The van der Waals surface area contributed by atoms with E-state index < -0.39 is 18.5 Å². The smallest absolute Gasteiger partial charge is 0.349 e. The minimum absolute atomic E-state index is 0.164. The summed E-state index contributed by atoms with van der Waals surface area (Å²) in [6.07, 6.45) is 2.11. The summed E-state index contributed by atoms with van der Waals surface area (Å²) >= 11 is 0. The summed E-state index contributed by atoms with van der Waals surface area (Å²) in [6.45, 7) is 5.03. The van der Waals surface area contributed by atoms with Crippen LogP contribution in [0.5, 0.6) is 5.75 Å². The van der Waals surface area contributed by atoms with Crippen molar-refractivity contribution in [2.45, 2.75) is 26.8 Å². The van der Waals surface area contributed by atoms with E-state index >= 15 is 0 Å². The molecule has 0 saturated carbocycles. The van der Waals surface area contributed by atoms with Gasteiger partial charge in [0.05, 0.1) is 13.7 Å². The molecule has 0 aliphatic heterocycles. The lowest BCUT2D eigenvalue weighted by Gasteiger charge is -2.08. The zero-order chi connectivity index (χ0) is 23.5. The number of nitriles is 1. The van der Waals surface area contributed by atoms with Crippen molar-refractivity contribution in [3.8, 4) is 11.8 Å². The number of aromatic nitrogens is 1. The maximum absolute atomic E-state index is 12.3. The maximum Gasteiger partial charge on any atom is 0.349 e. The van der Waals surface area contributed by atoms with Gasteiger partial charge in [-0.05, 0) is 55.7 Å². The van der Waals surface area contributed by atoms with Gasteiger partial charge in [0.15, 0.2) is 6.61 Å². The molecule has 0 bridgehead atoms. The van der Waals surface area contributed by atoms with E-state index in [9.17, 15) is 14.9 Å². The third kappa shape index (κ3) is 7.00. The van der Waals surface area contributed by atoms with Gasteiger partial charge >= 0.3 is 5.97 Å². The molecule has 0 saturated heterocycles. The Morgan fingerprint density at radius 3 is 2.53 bits per heavy atom. The second kappa shape index (κ2) is 12.3. The average Bonchev–Trinajstić information content (AvgIpc) is 3.06. The molecule has 1 N–H and O–H groups in total. The van der Waals surface area contributed by atoms with Gasteiger partial charge in [-0.2, -0.15) is 5.26 Å². The molecule has 0 radical (unpaired) electrons. The number of methoxy groups -OCH3 is 2. The minimum Gasteiger partial charge on any atom is -0.497 e. The van der Waals surface area contributed by atoms with Crippen LogP contribution in [0.25, 0.3) is 6.08 Å². The maximum atomic E-state index is 12.3. The summed E-state index contributed by atoms with van der Waals surface area (Å²) in [5.41, 5.74) is 3.53. The predicted molar refractivity (Wildman–Crippen MR) is 120 cm³/mol. The first-order chi connectivity index (χ1) is 15.4. The molecular formula is C24H29N3O5. The molecule has 0 unspecified atom stereocenters. The molecule has 1 amide bonds. The molecule has 32 heavy (non-hydrogen) atoms. The van der Waals surface area contributed by atoms with E-state index in [0.717, 1.165) is 28.3 Å². The van der Waals surface area contributed by atoms with Gasteiger partial charge in [0, 0.05) is 31.6 Å². The van der Waals surface area contributed by atoms with Crippen molar-refractivity contribution in [1.29, 1.82) is 5.26 Å². The Balaban J connectivity index is 1.87. The van der Waals surface area contributed by atoms with Crippen LogP contribution in [0.1, 0.15) is 22.5 Å². The molecule has 0 aliphatic carbocycles. The first-order valence-electron chi connectivity index (χ1n) is 10.2.